The number of hydrogen-bond acceptors (Lipinski definition) is 2. The number of nitrogens with two attached hydrogens (primary N) is 1. The van der Waals surface area contributed by atoms with Gasteiger partial charge in [-0.15, -0.1) is 0 Å². The quantitative estimate of drug-likeness (QED) is 0.821. The molecule has 0 spiro atoms. The van der Waals surface area contributed by atoms with Crippen LogP contribution in [0.2, 0.25) is 0 Å². The summed E-state index contributed by atoms with van der Waals surface area (Å²) in [5.41, 5.74) is 6.27. The van der Waals surface area contributed by atoms with Crippen LogP contribution in [0.5, 0.6) is 0 Å². The van der Waals surface area contributed by atoms with E-state index in [2.05, 4.69) is 27.7 Å². The summed E-state index contributed by atoms with van der Waals surface area (Å²) in [6.07, 6.45) is 4.80. The summed E-state index contributed by atoms with van der Waals surface area (Å²) in [5.74, 6) is 0.256. The summed E-state index contributed by atoms with van der Waals surface area (Å²) in [5, 5.41) is 0. The first-order chi connectivity index (χ1) is 7.83. The Balaban J connectivity index is 2.43. The van der Waals surface area contributed by atoms with Gasteiger partial charge in [0.05, 0.1) is 0 Å². The molecular weight excluding hydrogens is 212 g/mol. The zero-order chi connectivity index (χ0) is 13.1. The molecule has 1 heterocycles. The van der Waals surface area contributed by atoms with Crippen LogP contribution >= 0.6 is 0 Å². The molecule has 2 atom stereocenters. The minimum Gasteiger partial charge on any atom is -0.340 e. The lowest BCUT2D eigenvalue weighted by Crippen LogP contribution is -2.39. The highest BCUT2D eigenvalue weighted by Gasteiger charge is 2.28. The van der Waals surface area contributed by atoms with Gasteiger partial charge in [-0.1, -0.05) is 27.7 Å². The Labute approximate surface area is 106 Å². The Bertz CT molecular complexity index is 257. The number of amides is 1. The monoisotopic (exact) mass is 240 g/mol. The van der Waals surface area contributed by atoms with E-state index in [0.717, 1.165) is 32.2 Å². The third-order valence-electron chi connectivity index (χ3n) is 3.48. The third kappa shape index (κ3) is 4.66. The zero-order valence-corrected chi connectivity index (χ0v) is 11.8. The largest absolute Gasteiger partial charge is 0.340 e. The minimum absolute atomic E-state index is 0.000561. The normalized spacial score (nSPS) is 22.9. The summed E-state index contributed by atoms with van der Waals surface area (Å²) in [6.45, 7) is 9.59. The number of nitrogens with zero attached hydrogens (tertiary/aromatic N) is 1. The highest BCUT2D eigenvalue weighted by atomic mass is 16.2. The van der Waals surface area contributed by atoms with E-state index >= 15 is 0 Å². The van der Waals surface area contributed by atoms with Crippen molar-refractivity contribution >= 4 is 5.91 Å². The first-order valence-electron chi connectivity index (χ1n) is 6.88. The Hall–Kier alpha value is -0.570. The van der Waals surface area contributed by atoms with Crippen LogP contribution < -0.4 is 5.73 Å². The second-order valence-electron chi connectivity index (χ2n) is 6.52. The van der Waals surface area contributed by atoms with Crippen molar-refractivity contribution in [2.75, 3.05) is 6.54 Å². The molecule has 1 saturated heterocycles. The van der Waals surface area contributed by atoms with Crippen molar-refractivity contribution in [3.8, 4) is 0 Å². The molecule has 0 bridgehead atoms. The summed E-state index contributed by atoms with van der Waals surface area (Å²) < 4.78 is 0. The van der Waals surface area contributed by atoms with Gasteiger partial charge in [0.1, 0.15) is 0 Å². The van der Waals surface area contributed by atoms with Crippen molar-refractivity contribution in [1.82, 2.24) is 4.90 Å². The summed E-state index contributed by atoms with van der Waals surface area (Å²) in [7, 11) is 0. The SMILES string of the molecule is CCC1CCCN1C(=O)CC(N)CC(C)(C)C. The predicted octanol–water partition coefficient (Wildman–Crippen LogP) is 2.54. The predicted molar refractivity (Wildman–Crippen MR) is 71.7 cm³/mol. The highest BCUT2D eigenvalue weighted by molar-refractivity contribution is 5.77. The van der Waals surface area contributed by atoms with Gasteiger partial charge in [-0.2, -0.15) is 0 Å². The van der Waals surface area contributed by atoms with Crippen molar-refractivity contribution in [1.29, 1.82) is 0 Å². The molecular formula is C14H28N2O. The Morgan fingerprint density at radius 3 is 2.65 bits per heavy atom. The van der Waals surface area contributed by atoms with Crippen LogP contribution in [0.3, 0.4) is 0 Å². The zero-order valence-electron chi connectivity index (χ0n) is 11.8. The van der Waals surface area contributed by atoms with E-state index in [0.29, 0.717) is 12.5 Å². The average molecular weight is 240 g/mol. The van der Waals surface area contributed by atoms with Crippen LogP contribution in [-0.2, 0) is 4.79 Å². The molecule has 0 saturated carbocycles. The van der Waals surface area contributed by atoms with Crippen LogP contribution in [0, 0.1) is 5.41 Å². The van der Waals surface area contributed by atoms with Crippen molar-refractivity contribution in [3.63, 3.8) is 0 Å². The second kappa shape index (κ2) is 5.85. The maximum atomic E-state index is 12.2. The molecule has 1 fully saturated rings. The summed E-state index contributed by atoms with van der Waals surface area (Å²) >= 11 is 0. The standard InChI is InChI=1S/C14H28N2O/c1-5-12-7-6-8-16(12)13(17)9-11(15)10-14(2,3)4/h11-12H,5-10,15H2,1-4H3. The van der Waals surface area contributed by atoms with Crippen LogP contribution in [0.4, 0.5) is 0 Å². The third-order valence-corrected chi connectivity index (χ3v) is 3.48. The molecule has 0 aromatic carbocycles. The molecule has 2 unspecified atom stereocenters. The average Bonchev–Trinajstić information content (AvgIpc) is 2.61. The van der Waals surface area contributed by atoms with Crippen molar-refractivity contribution in [2.45, 2.75) is 71.9 Å². The molecule has 1 aliphatic rings. The number of likely N-dealkylation sites (tertiary alicyclic amines) is 1. The second-order valence-corrected chi connectivity index (χ2v) is 6.52. The van der Waals surface area contributed by atoms with Crippen LogP contribution in [0.25, 0.3) is 0 Å². The molecule has 3 nitrogen and oxygen atoms in total. The van der Waals surface area contributed by atoms with Gasteiger partial charge in [0, 0.05) is 25.0 Å². The highest BCUT2D eigenvalue weighted by Crippen LogP contribution is 2.24. The molecule has 17 heavy (non-hydrogen) atoms. The number of carbonyl (C=O) groups excluding carboxylic acids is 1. The van der Waals surface area contributed by atoms with Gasteiger partial charge in [-0.3, -0.25) is 4.79 Å². The molecule has 0 aromatic rings. The number of carbonyl (C=O) groups is 1. The lowest BCUT2D eigenvalue weighted by Gasteiger charge is -2.27. The van der Waals surface area contributed by atoms with Crippen molar-refractivity contribution in [3.05, 3.63) is 0 Å². The van der Waals surface area contributed by atoms with E-state index in [1.54, 1.807) is 0 Å². The maximum absolute atomic E-state index is 12.2. The minimum atomic E-state index is 0.000561. The Morgan fingerprint density at radius 2 is 2.12 bits per heavy atom. The summed E-state index contributed by atoms with van der Waals surface area (Å²) in [4.78, 5) is 14.2. The Morgan fingerprint density at radius 1 is 1.47 bits per heavy atom. The maximum Gasteiger partial charge on any atom is 0.224 e. The topological polar surface area (TPSA) is 46.3 Å². The number of rotatable bonds is 4. The van der Waals surface area contributed by atoms with E-state index in [1.165, 1.54) is 0 Å². The molecule has 0 radical (unpaired) electrons. The smallest absolute Gasteiger partial charge is 0.224 e. The van der Waals surface area contributed by atoms with Crippen molar-refractivity contribution < 1.29 is 4.79 Å². The van der Waals surface area contributed by atoms with Crippen LogP contribution in [0.1, 0.15) is 59.8 Å². The van der Waals surface area contributed by atoms with Crippen molar-refractivity contribution in [2.24, 2.45) is 11.1 Å². The molecule has 0 aliphatic carbocycles. The first-order valence-corrected chi connectivity index (χ1v) is 6.88. The molecule has 100 valence electrons. The Kier molecular flexibility index (Phi) is 4.99. The van der Waals surface area contributed by atoms with Gasteiger partial charge in [0.15, 0.2) is 0 Å². The molecule has 1 rings (SSSR count). The fraction of sp³-hybridized carbons (Fsp3) is 0.929. The molecule has 0 aromatic heterocycles. The van der Waals surface area contributed by atoms with Gasteiger partial charge in [-0.05, 0) is 31.1 Å². The van der Waals surface area contributed by atoms with E-state index in [1.807, 2.05) is 4.90 Å². The van der Waals surface area contributed by atoms with Crippen LogP contribution in [0.15, 0.2) is 0 Å². The van der Waals surface area contributed by atoms with E-state index in [-0.39, 0.29) is 17.4 Å². The summed E-state index contributed by atoms with van der Waals surface area (Å²) in [6, 6.07) is 0.463. The fourth-order valence-corrected chi connectivity index (χ4v) is 2.79. The fourth-order valence-electron chi connectivity index (χ4n) is 2.79. The van der Waals surface area contributed by atoms with E-state index in [4.69, 9.17) is 5.73 Å². The van der Waals surface area contributed by atoms with E-state index < -0.39 is 0 Å². The first kappa shape index (κ1) is 14.5. The van der Waals surface area contributed by atoms with Gasteiger partial charge >= 0.3 is 0 Å². The molecule has 2 N–H and O–H groups in total. The van der Waals surface area contributed by atoms with Gasteiger partial charge in [0.2, 0.25) is 5.91 Å². The molecule has 1 aliphatic heterocycles. The van der Waals surface area contributed by atoms with Gasteiger partial charge < -0.3 is 10.6 Å². The molecule has 1 amide bonds. The van der Waals surface area contributed by atoms with Gasteiger partial charge in [0.25, 0.3) is 0 Å². The van der Waals surface area contributed by atoms with Crippen LogP contribution in [-0.4, -0.2) is 29.4 Å². The lowest BCUT2D eigenvalue weighted by atomic mass is 9.87. The molecule has 3 heteroatoms. The lowest BCUT2D eigenvalue weighted by molar-refractivity contribution is -0.132. The number of hydrogen-bond donors (Lipinski definition) is 1. The van der Waals surface area contributed by atoms with E-state index in [9.17, 15) is 4.79 Å². The van der Waals surface area contributed by atoms with Gasteiger partial charge in [-0.25, -0.2) is 0 Å².